The molecule has 4 unspecified atom stereocenters. The molecule has 0 radical (unpaired) electrons. The summed E-state index contributed by atoms with van der Waals surface area (Å²) in [6.07, 6.45) is 8.66. The fraction of sp³-hybridized carbons (Fsp3) is 0.895. The van der Waals surface area contributed by atoms with Crippen molar-refractivity contribution in [3.8, 4) is 6.07 Å². The summed E-state index contributed by atoms with van der Waals surface area (Å²) in [5.74, 6) is 1.06. The SMILES string of the molecule is N#CC1CC23CC2(C3)N1C(=O)C(N)C12CC3CC(CC(O)(C3)C1)C2. The lowest BCUT2D eigenvalue weighted by Gasteiger charge is -2.61. The van der Waals surface area contributed by atoms with Crippen LogP contribution in [0.1, 0.15) is 57.8 Å². The number of hydrogen-bond acceptors (Lipinski definition) is 4. The van der Waals surface area contributed by atoms with Crippen LogP contribution in [0.3, 0.4) is 0 Å². The number of likely N-dealkylation sites (tertiary alicyclic amines) is 1. The van der Waals surface area contributed by atoms with E-state index in [9.17, 15) is 15.2 Å². The van der Waals surface area contributed by atoms with Gasteiger partial charge in [0.15, 0.2) is 0 Å². The minimum absolute atomic E-state index is 0.00129. The highest BCUT2D eigenvalue weighted by atomic mass is 16.3. The Kier molecular flexibility index (Phi) is 2.16. The second kappa shape index (κ2) is 3.68. The lowest BCUT2D eigenvalue weighted by molar-refractivity contribution is -0.178. The molecule has 7 fully saturated rings. The Bertz CT molecular complexity index is 690. The molecule has 5 nitrogen and oxygen atoms in total. The third kappa shape index (κ3) is 1.40. The van der Waals surface area contributed by atoms with Crippen molar-refractivity contribution >= 4 is 5.91 Å². The van der Waals surface area contributed by atoms with Crippen molar-refractivity contribution in [2.75, 3.05) is 0 Å². The van der Waals surface area contributed by atoms with E-state index in [1.54, 1.807) is 0 Å². The van der Waals surface area contributed by atoms with E-state index >= 15 is 0 Å². The predicted molar refractivity (Wildman–Crippen MR) is 85.3 cm³/mol. The van der Waals surface area contributed by atoms with Gasteiger partial charge in [0.2, 0.25) is 5.91 Å². The first-order chi connectivity index (χ1) is 11.3. The van der Waals surface area contributed by atoms with Gasteiger partial charge in [-0.05, 0) is 75.0 Å². The highest BCUT2D eigenvalue weighted by Crippen LogP contribution is 2.87. The number of nitrogens with two attached hydrogens (primary N) is 1. The maximum Gasteiger partial charge on any atom is 0.241 e. The Morgan fingerprint density at radius 1 is 1.17 bits per heavy atom. The van der Waals surface area contributed by atoms with Crippen LogP contribution < -0.4 is 5.73 Å². The average Bonchev–Trinajstić information content (AvgIpc) is 3.25. The quantitative estimate of drug-likeness (QED) is 0.800. The molecule has 0 aromatic rings. The van der Waals surface area contributed by atoms with Crippen molar-refractivity contribution in [2.45, 2.75) is 81.0 Å². The van der Waals surface area contributed by atoms with Crippen molar-refractivity contribution in [3.63, 3.8) is 0 Å². The Morgan fingerprint density at radius 2 is 1.83 bits per heavy atom. The largest absolute Gasteiger partial charge is 0.390 e. The summed E-state index contributed by atoms with van der Waals surface area (Å²) in [4.78, 5) is 15.3. The summed E-state index contributed by atoms with van der Waals surface area (Å²) in [5.41, 5.74) is 6.07. The number of rotatable bonds is 2. The Morgan fingerprint density at radius 3 is 2.42 bits per heavy atom. The van der Waals surface area contributed by atoms with Gasteiger partial charge < -0.3 is 15.7 Å². The van der Waals surface area contributed by atoms with Crippen molar-refractivity contribution in [3.05, 3.63) is 0 Å². The van der Waals surface area contributed by atoms with E-state index in [0.29, 0.717) is 18.3 Å². The lowest BCUT2D eigenvalue weighted by atomic mass is 9.46. The number of piperidine rings is 2. The fourth-order valence-corrected chi connectivity index (χ4v) is 8.03. The smallest absolute Gasteiger partial charge is 0.241 e. The summed E-state index contributed by atoms with van der Waals surface area (Å²) in [7, 11) is 0. The normalized spacial score (nSPS) is 59.5. The van der Waals surface area contributed by atoms with Gasteiger partial charge in [-0.2, -0.15) is 5.26 Å². The standard InChI is InChI=1S/C19H25N3O2/c20-7-13-6-17-9-19(17,10-17)22(13)15(23)14(21)16-2-11-1-12(3-16)5-18(24,4-11)8-16/h11-14,24H,1-6,8-10,21H2. The molecule has 5 heteroatoms. The molecule has 0 aromatic carbocycles. The highest BCUT2D eigenvalue weighted by molar-refractivity contribution is 5.87. The molecule has 6 saturated carbocycles. The molecule has 7 aliphatic rings. The van der Waals surface area contributed by atoms with Crippen molar-refractivity contribution in [2.24, 2.45) is 28.4 Å². The molecule has 4 atom stereocenters. The summed E-state index contributed by atoms with van der Waals surface area (Å²) >= 11 is 0. The fourth-order valence-electron chi connectivity index (χ4n) is 8.03. The first kappa shape index (κ1) is 14.1. The van der Waals surface area contributed by atoms with Gasteiger partial charge >= 0.3 is 0 Å². The van der Waals surface area contributed by atoms with Crippen LogP contribution in [0.15, 0.2) is 0 Å². The molecule has 24 heavy (non-hydrogen) atoms. The third-order valence-electron chi connectivity index (χ3n) is 8.74. The zero-order valence-corrected chi connectivity index (χ0v) is 14.0. The van der Waals surface area contributed by atoms with Gasteiger partial charge in [-0.1, -0.05) is 0 Å². The number of nitrogens with zero attached hydrogens (tertiary/aromatic N) is 2. The van der Waals surface area contributed by atoms with Gasteiger partial charge in [-0.15, -0.1) is 0 Å². The van der Waals surface area contributed by atoms with Crippen LogP contribution >= 0.6 is 0 Å². The first-order valence-electron chi connectivity index (χ1n) is 9.55. The van der Waals surface area contributed by atoms with Crippen molar-refractivity contribution < 1.29 is 9.90 Å². The zero-order chi connectivity index (χ0) is 16.5. The number of aliphatic hydroxyl groups is 1. The molecule has 0 spiro atoms. The third-order valence-corrected chi connectivity index (χ3v) is 8.74. The van der Waals surface area contributed by atoms with E-state index in [0.717, 1.165) is 44.9 Å². The zero-order valence-electron chi connectivity index (χ0n) is 14.0. The minimum atomic E-state index is -0.594. The van der Waals surface area contributed by atoms with E-state index in [1.807, 2.05) is 4.90 Å². The molecular weight excluding hydrogens is 302 g/mol. The van der Waals surface area contributed by atoms with E-state index in [2.05, 4.69) is 6.07 Å². The van der Waals surface area contributed by atoms with Crippen LogP contribution in [-0.2, 0) is 4.79 Å². The average molecular weight is 327 g/mol. The second-order valence-corrected chi connectivity index (χ2v) is 10.2. The maximum absolute atomic E-state index is 13.4. The first-order valence-corrected chi connectivity index (χ1v) is 9.55. The van der Waals surface area contributed by atoms with Gasteiger partial charge in [-0.3, -0.25) is 4.79 Å². The molecule has 1 heterocycles. The van der Waals surface area contributed by atoms with Gasteiger partial charge in [-0.25, -0.2) is 0 Å². The Balaban J connectivity index is 1.33. The van der Waals surface area contributed by atoms with Gasteiger partial charge in [0, 0.05) is 5.41 Å². The number of nitriles is 1. The van der Waals surface area contributed by atoms with Crippen LogP contribution in [0.2, 0.25) is 0 Å². The topological polar surface area (TPSA) is 90.4 Å². The highest BCUT2D eigenvalue weighted by Gasteiger charge is 2.91. The number of carbonyl (C=O) groups is 1. The molecule has 128 valence electrons. The summed E-state index contributed by atoms with van der Waals surface area (Å²) in [6.45, 7) is 0. The van der Waals surface area contributed by atoms with Crippen LogP contribution in [0.25, 0.3) is 0 Å². The van der Waals surface area contributed by atoms with Gasteiger partial charge in [0.25, 0.3) is 0 Å². The van der Waals surface area contributed by atoms with Crippen molar-refractivity contribution in [1.29, 1.82) is 5.26 Å². The van der Waals surface area contributed by atoms with Crippen LogP contribution in [0, 0.1) is 34.0 Å². The molecule has 1 amide bonds. The van der Waals surface area contributed by atoms with Crippen LogP contribution in [-0.4, -0.2) is 39.1 Å². The predicted octanol–water partition coefficient (Wildman–Crippen LogP) is 1.30. The second-order valence-electron chi connectivity index (χ2n) is 10.2. The molecule has 1 aliphatic heterocycles. The molecule has 3 N–H and O–H groups in total. The Hall–Kier alpha value is -1.12. The molecule has 4 bridgehead atoms. The van der Waals surface area contributed by atoms with Crippen molar-refractivity contribution in [1.82, 2.24) is 4.90 Å². The van der Waals surface area contributed by atoms with Crippen LogP contribution in [0.5, 0.6) is 0 Å². The molecule has 6 aliphatic carbocycles. The summed E-state index contributed by atoms with van der Waals surface area (Å²) in [6, 6.07) is 1.52. The monoisotopic (exact) mass is 327 g/mol. The van der Waals surface area contributed by atoms with E-state index in [4.69, 9.17) is 5.73 Å². The lowest BCUT2D eigenvalue weighted by Crippen LogP contribution is -2.65. The molecule has 0 aromatic heterocycles. The van der Waals surface area contributed by atoms with E-state index < -0.39 is 11.6 Å². The number of carbonyl (C=O) groups excluding carboxylic acids is 1. The molecule has 1 saturated heterocycles. The maximum atomic E-state index is 13.4. The van der Waals surface area contributed by atoms with E-state index in [1.165, 1.54) is 6.42 Å². The molecular formula is C19H25N3O2. The summed E-state index contributed by atoms with van der Waals surface area (Å²) in [5, 5.41) is 20.4. The molecule has 7 rings (SSSR count). The number of amides is 1. The minimum Gasteiger partial charge on any atom is -0.390 e. The van der Waals surface area contributed by atoms with Gasteiger partial charge in [0.1, 0.15) is 6.04 Å². The van der Waals surface area contributed by atoms with Crippen LogP contribution in [0.4, 0.5) is 0 Å². The summed E-state index contributed by atoms with van der Waals surface area (Å²) < 4.78 is 0. The Labute approximate surface area is 142 Å². The van der Waals surface area contributed by atoms with Gasteiger partial charge in [0.05, 0.1) is 23.3 Å². The number of hydrogen-bond donors (Lipinski definition) is 2. The van der Waals surface area contributed by atoms with E-state index in [-0.39, 0.29) is 28.3 Å².